The third kappa shape index (κ3) is 3.61. The van der Waals surface area contributed by atoms with E-state index < -0.39 is 0 Å². The highest BCUT2D eigenvalue weighted by molar-refractivity contribution is 5.95. The fourth-order valence-corrected chi connectivity index (χ4v) is 8.75. The first kappa shape index (κ1) is 21.4. The smallest absolute Gasteiger partial charge is 0.0795 e. The largest absolute Gasteiger partial charge is 0.411 e. The molecule has 3 saturated carbocycles. The summed E-state index contributed by atoms with van der Waals surface area (Å²) in [6.45, 7) is 12.5. The molecule has 1 N–H and O–H groups in total. The fraction of sp³-hybridized carbons (Fsp3) is 0.889. The first-order valence-corrected chi connectivity index (χ1v) is 12.7. The van der Waals surface area contributed by atoms with E-state index in [9.17, 15) is 5.21 Å². The molecule has 4 rings (SSSR count). The van der Waals surface area contributed by atoms with Crippen molar-refractivity contribution in [3.05, 3.63) is 12.2 Å². The van der Waals surface area contributed by atoms with Crippen LogP contribution in [0.3, 0.4) is 0 Å². The van der Waals surface area contributed by atoms with E-state index in [1.807, 2.05) is 0 Å². The van der Waals surface area contributed by atoms with Crippen molar-refractivity contribution in [1.29, 1.82) is 0 Å². The van der Waals surface area contributed by atoms with Gasteiger partial charge >= 0.3 is 0 Å². The normalized spacial score (nSPS) is 46.4. The van der Waals surface area contributed by atoms with Gasteiger partial charge < -0.3 is 5.21 Å². The van der Waals surface area contributed by atoms with Gasteiger partial charge in [0.25, 0.3) is 0 Å². The highest BCUT2D eigenvalue weighted by Crippen LogP contribution is 2.67. The van der Waals surface area contributed by atoms with Crippen molar-refractivity contribution < 1.29 is 5.21 Å². The summed E-state index contributed by atoms with van der Waals surface area (Å²) in [6.07, 6.45) is 18.3. The van der Waals surface area contributed by atoms with Crippen molar-refractivity contribution in [3.63, 3.8) is 0 Å². The summed E-state index contributed by atoms with van der Waals surface area (Å²) in [6, 6.07) is 0. The second-order valence-corrected chi connectivity index (χ2v) is 12.2. The summed E-state index contributed by atoms with van der Waals surface area (Å²) >= 11 is 0. The summed E-state index contributed by atoms with van der Waals surface area (Å²) in [7, 11) is 0. The maximum absolute atomic E-state index is 9.26. The highest BCUT2D eigenvalue weighted by atomic mass is 16.4. The average Bonchev–Trinajstić information content (AvgIpc) is 3.04. The minimum absolute atomic E-state index is 0.319. The molecule has 0 saturated heterocycles. The zero-order valence-electron chi connectivity index (χ0n) is 19.7. The van der Waals surface area contributed by atoms with Gasteiger partial charge in [0.15, 0.2) is 0 Å². The van der Waals surface area contributed by atoms with E-state index in [1.165, 1.54) is 57.8 Å². The van der Waals surface area contributed by atoms with E-state index in [1.54, 1.807) is 0 Å². The van der Waals surface area contributed by atoms with Crippen molar-refractivity contribution in [2.75, 3.05) is 0 Å². The molecule has 0 aliphatic heterocycles. The molecule has 8 atom stereocenters. The second-order valence-electron chi connectivity index (χ2n) is 12.2. The minimum atomic E-state index is 0.319. The average molecular weight is 400 g/mol. The van der Waals surface area contributed by atoms with E-state index in [-0.39, 0.29) is 0 Å². The molecule has 0 radical (unpaired) electrons. The lowest BCUT2D eigenvalue weighted by molar-refractivity contribution is -0.0809. The quantitative estimate of drug-likeness (QED) is 0.372. The number of fused-ring (bicyclic) bond motifs is 5. The van der Waals surface area contributed by atoms with E-state index in [4.69, 9.17) is 0 Å². The van der Waals surface area contributed by atoms with Gasteiger partial charge in [0.05, 0.1) is 5.71 Å². The molecule has 0 heterocycles. The lowest BCUT2D eigenvalue weighted by Gasteiger charge is -2.59. The Morgan fingerprint density at radius 3 is 2.55 bits per heavy atom. The first-order valence-electron chi connectivity index (χ1n) is 12.7. The number of nitrogens with zero attached hydrogens (tertiary/aromatic N) is 1. The topological polar surface area (TPSA) is 32.6 Å². The number of oxime groups is 1. The maximum atomic E-state index is 9.26. The Hall–Kier alpha value is -0.790. The van der Waals surface area contributed by atoms with Crippen LogP contribution < -0.4 is 0 Å². The van der Waals surface area contributed by atoms with Crippen LogP contribution in [0.5, 0.6) is 0 Å². The SMILES string of the molecule is CC(C)CCC[C@@H](C)[C@H]1CC[C@H]2[C@@H]3CCC4C/C(=N\O)C=C[C@]4(C)[C@H]3CC[C@]12C. The Balaban J connectivity index is 1.49. The van der Waals surface area contributed by atoms with Crippen LogP contribution in [0.1, 0.15) is 98.8 Å². The van der Waals surface area contributed by atoms with Gasteiger partial charge in [-0.3, -0.25) is 0 Å². The zero-order valence-corrected chi connectivity index (χ0v) is 19.7. The number of allylic oxidation sites excluding steroid dienone is 2. The molecule has 29 heavy (non-hydrogen) atoms. The molecular weight excluding hydrogens is 354 g/mol. The van der Waals surface area contributed by atoms with Crippen molar-refractivity contribution >= 4 is 5.71 Å². The summed E-state index contributed by atoms with van der Waals surface area (Å²) < 4.78 is 0. The monoisotopic (exact) mass is 399 g/mol. The summed E-state index contributed by atoms with van der Waals surface area (Å²) in [5.74, 6) is 6.06. The standard InChI is InChI=1S/C27H45NO/c1-18(2)7-6-8-19(3)23-11-12-24-22-10-9-20-17-21(28-29)13-15-26(20,4)25(22)14-16-27(23,24)5/h13,15,18-20,22-25,29H,6-12,14,16-17H2,1-5H3/b28-21-/t19-,20?,22+,23-,24+,25+,26+,27-/m1/s1. The van der Waals surface area contributed by atoms with Gasteiger partial charge in [-0.1, -0.05) is 65.1 Å². The Morgan fingerprint density at radius 2 is 1.83 bits per heavy atom. The van der Waals surface area contributed by atoms with E-state index in [2.05, 4.69) is 51.9 Å². The predicted octanol–water partition coefficient (Wildman–Crippen LogP) is 7.71. The number of rotatable bonds is 5. The molecule has 0 spiro atoms. The summed E-state index contributed by atoms with van der Waals surface area (Å²) in [5.41, 5.74) is 1.79. The van der Waals surface area contributed by atoms with Crippen LogP contribution in [0.25, 0.3) is 0 Å². The molecule has 3 fully saturated rings. The first-order chi connectivity index (χ1) is 13.8. The van der Waals surface area contributed by atoms with Crippen LogP contribution in [0, 0.1) is 52.3 Å². The predicted molar refractivity (Wildman–Crippen MR) is 122 cm³/mol. The van der Waals surface area contributed by atoms with Gasteiger partial charge in [-0.2, -0.15) is 0 Å². The molecule has 4 aliphatic rings. The molecule has 0 amide bonds. The fourth-order valence-electron chi connectivity index (χ4n) is 8.75. The zero-order chi connectivity index (χ0) is 20.8. The molecule has 164 valence electrons. The van der Waals surface area contributed by atoms with E-state index in [0.717, 1.165) is 47.6 Å². The molecule has 0 aromatic heterocycles. The number of hydrogen-bond acceptors (Lipinski definition) is 2. The van der Waals surface area contributed by atoms with Gasteiger partial charge in [-0.25, -0.2) is 0 Å². The molecule has 0 bridgehead atoms. The second kappa shape index (κ2) is 8.04. The lowest BCUT2D eigenvalue weighted by atomic mass is 9.45. The van der Waals surface area contributed by atoms with Gasteiger partial charge in [-0.05, 0) is 103 Å². The van der Waals surface area contributed by atoms with Crippen LogP contribution in [-0.2, 0) is 0 Å². The third-order valence-corrected chi connectivity index (χ3v) is 10.4. The molecule has 0 aromatic carbocycles. The summed E-state index contributed by atoms with van der Waals surface area (Å²) in [5, 5.41) is 12.8. The molecule has 2 heteroatoms. The Morgan fingerprint density at radius 1 is 1.03 bits per heavy atom. The summed E-state index contributed by atoms with van der Waals surface area (Å²) in [4.78, 5) is 0. The lowest BCUT2D eigenvalue weighted by Crippen LogP contribution is -2.52. The molecule has 0 aromatic rings. The van der Waals surface area contributed by atoms with Gasteiger partial charge in [-0.15, -0.1) is 0 Å². The van der Waals surface area contributed by atoms with Crippen LogP contribution >= 0.6 is 0 Å². The Kier molecular flexibility index (Phi) is 5.95. The van der Waals surface area contributed by atoms with E-state index in [0.29, 0.717) is 16.7 Å². The van der Waals surface area contributed by atoms with Crippen molar-refractivity contribution in [1.82, 2.24) is 0 Å². The molecule has 2 nitrogen and oxygen atoms in total. The van der Waals surface area contributed by atoms with Gasteiger partial charge in [0, 0.05) is 0 Å². The van der Waals surface area contributed by atoms with Crippen LogP contribution in [-0.4, -0.2) is 10.9 Å². The Bertz CT molecular complexity index is 651. The van der Waals surface area contributed by atoms with Gasteiger partial charge in [0.1, 0.15) is 0 Å². The van der Waals surface area contributed by atoms with Crippen molar-refractivity contribution in [2.45, 2.75) is 98.8 Å². The molecule has 1 unspecified atom stereocenters. The highest BCUT2D eigenvalue weighted by Gasteiger charge is 2.59. The van der Waals surface area contributed by atoms with Gasteiger partial charge in [0.2, 0.25) is 0 Å². The van der Waals surface area contributed by atoms with Crippen LogP contribution in [0.15, 0.2) is 17.3 Å². The van der Waals surface area contributed by atoms with Crippen molar-refractivity contribution in [2.24, 2.45) is 57.4 Å². The minimum Gasteiger partial charge on any atom is -0.411 e. The maximum Gasteiger partial charge on any atom is 0.0795 e. The molecular formula is C27H45NO. The van der Waals surface area contributed by atoms with Crippen LogP contribution in [0.2, 0.25) is 0 Å². The number of hydrogen-bond donors (Lipinski definition) is 1. The third-order valence-electron chi connectivity index (χ3n) is 10.4. The van der Waals surface area contributed by atoms with E-state index >= 15 is 0 Å². The molecule has 4 aliphatic carbocycles. The Labute approximate surface area is 179 Å². The van der Waals surface area contributed by atoms with Crippen LogP contribution in [0.4, 0.5) is 0 Å². The van der Waals surface area contributed by atoms with Crippen molar-refractivity contribution in [3.8, 4) is 0 Å².